The minimum Gasteiger partial charge on any atom is -0.378 e. The van der Waals surface area contributed by atoms with Gasteiger partial charge in [0, 0.05) is 25.4 Å². The fourth-order valence-electron chi connectivity index (χ4n) is 1.30. The van der Waals surface area contributed by atoms with Crippen LogP contribution in [0.15, 0.2) is 24.4 Å². The molecule has 0 spiro atoms. The largest absolute Gasteiger partial charge is 0.378 e. The highest BCUT2D eigenvalue weighted by atomic mass is 16.6. The summed E-state index contributed by atoms with van der Waals surface area (Å²) in [5.41, 5.74) is 5.25. The van der Waals surface area contributed by atoms with Gasteiger partial charge in [0.1, 0.15) is 5.82 Å². The lowest BCUT2D eigenvalue weighted by Crippen LogP contribution is -2.02. The number of aryl methyl sites for hydroxylation is 1. The average molecular weight is 234 g/mol. The molecule has 0 fully saturated rings. The second-order valence-electron chi connectivity index (χ2n) is 3.36. The van der Waals surface area contributed by atoms with E-state index in [0.29, 0.717) is 11.6 Å². The summed E-state index contributed by atoms with van der Waals surface area (Å²) in [4.78, 5) is 13.8. The predicted molar refractivity (Wildman–Crippen MR) is 61.8 cm³/mol. The van der Waals surface area contributed by atoms with Gasteiger partial charge in [0.25, 0.3) is 0 Å². The van der Waals surface area contributed by atoms with Gasteiger partial charge in [0.15, 0.2) is 5.82 Å². The van der Waals surface area contributed by atoms with E-state index < -0.39 is 4.92 Å². The van der Waals surface area contributed by atoms with Crippen LogP contribution in [0.25, 0.3) is 0 Å². The molecule has 0 aliphatic carbocycles. The van der Waals surface area contributed by atoms with Crippen LogP contribution in [-0.2, 0) is 7.05 Å². The quantitative estimate of drug-likeness (QED) is 0.606. The molecule has 8 nitrogen and oxygen atoms in total. The number of hydrogen-bond acceptors (Lipinski definition) is 6. The number of nitro groups is 1. The Balaban J connectivity index is 2.23. The van der Waals surface area contributed by atoms with Gasteiger partial charge in [-0.15, -0.1) is 0 Å². The van der Waals surface area contributed by atoms with Gasteiger partial charge in [-0.3, -0.25) is 14.8 Å². The van der Waals surface area contributed by atoms with Gasteiger partial charge >= 0.3 is 5.69 Å². The second kappa shape index (κ2) is 4.08. The molecule has 0 saturated carbocycles. The third-order valence-corrected chi connectivity index (χ3v) is 2.07. The SMILES string of the molecule is Cn1ccc(Nc2ccc([N+](=O)[O-])c(N)n2)n1. The molecule has 0 bridgehead atoms. The normalized spacial score (nSPS) is 10.2. The number of anilines is 3. The average Bonchev–Trinajstić information content (AvgIpc) is 2.63. The molecule has 8 heteroatoms. The molecule has 3 N–H and O–H groups in total. The van der Waals surface area contributed by atoms with E-state index in [4.69, 9.17) is 5.73 Å². The topological polar surface area (TPSA) is 112 Å². The Morgan fingerprint density at radius 2 is 2.18 bits per heavy atom. The molecule has 2 heterocycles. The van der Waals surface area contributed by atoms with Crippen molar-refractivity contribution < 1.29 is 4.92 Å². The van der Waals surface area contributed by atoms with Crippen molar-refractivity contribution in [2.45, 2.75) is 0 Å². The first-order valence-corrected chi connectivity index (χ1v) is 4.74. The van der Waals surface area contributed by atoms with Gasteiger partial charge in [0.05, 0.1) is 4.92 Å². The molecule has 0 saturated heterocycles. The van der Waals surface area contributed by atoms with Crippen molar-refractivity contribution in [3.8, 4) is 0 Å². The third kappa shape index (κ3) is 2.30. The Hall–Kier alpha value is -2.64. The maximum atomic E-state index is 10.5. The van der Waals surface area contributed by atoms with Gasteiger partial charge in [-0.1, -0.05) is 0 Å². The lowest BCUT2D eigenvalue weighted by Gasteiger charge is -2.02. The van der Waals surface area contributed by atoms with Crippen molar-refractivity contribution in [2.75, 3.05) is 11.1 Å². The minimum atomic E-state index is -0.577. The van der Waals surface area contributed by atoms with E-state index in [2.05, 4.69) is 15.4 Å². The van der Waals surface area contributed by atoms with Crippen LogP contribution >= 0.6 is 0 Å². The maximum absolute atomic E-state index is 10.5. The summed E-state index contributed by atoms with van der Waals surface area (Å²) < 4.78 is 1.62. The van der Waals surface area contributed by atoms with Crippen LogP contribution in [0.4, 0.5) is 23.1 Å². The molecule has 17 heavy (non-hydrogen) atoms. The monoisotopic (exact) mass is 234 g/mol. The zero-order valence-electron chi connectivity index (χ0n) is 8.99. The summed E-state index contributed by atoms with van der Waals surface area (Å²) >= 11 is 0. The number of nitrogens with zero attached hydrogens (tertiary/aromatic N) is 4. The number of nitrogens with one attached hydrogen (secondary N) is 1. The van der Waals surface area contributed by atoms with Crippen LogP contribution in [-0.4, -0.2) is 19.7 Å². The zero-order chi connectivity index (χ0) is 12.4. The Kier molecular flexibility index (Phi) is 2.61. The number of nitrogen functional groups attached to an aromatic ring is 1. The van der Waals surface area contributed by atoms with E-state index in [1.165, 1.54) is 12.1 Å². The molecule has 0 aliphatic rings. The molecular formula is C9H10N6O2. The van der Waals surface area contributed by atoms with Crippen LogP contribution in [0, 0.1) is 10.1 Å². The zero-order valence-corrected chi connectivity index (χ0v) is 8.99. The fraction of sp³-hybridized carbons (Fsp3) is 0.111. The first kappa shape index (κ1) is 10.9. The van der Waals surface area contributed by atoms with Crippen molar-refractivity contribution in [1.29, 1.82) is 0 Å². The predicted octanol–water partition coefficient (Wildman–Crippen LogP) is 1.05. The maximum Gasteiger partial charge on any atom is 0.311 e. The number of hydrogen-bond donors (Lipinski definition) is 2. The molecule has 0 unspecified atom stereocenters. The Labute approximate surface area is 96.2 Å². The molecule has 0 aromatic carbocycles. The first-order valence-electron chi connectivity index (χ1n) is 4.74. The number of nitrogens with two attached hydrogens (primary N) is 1. The number of aromatic nitrogens is 3. The molecule has 88 valence electrons. The molecule has 2 aromatic rings. The van der Waals surface area contributed by atoms with Crippen LogP contribution in [0.5, 0.6) is 0 Å². The third-order valence-electron chi connectivity index (χ3n) is 2.07. The van der Waals surface area contributed by atoms with Gasteiger partial charge in [-0.25, -0.2) is 4.98 Å². The van der Waals surface area contributed by atoms with Crippen molar-refractivity contribution >= 4 is 23.1 Å². The van der Waals surface area contributed by atoms with Gasteiger partial charge in [0.2, 0.25) is 5.82 Å². The van der Waals surface area contributed by atoms with Gasteiger partial charge in [-0.05, 0) is 6.07 Å². The molecule has 0 radical (unpaired) electrons. The smallest absolute Gasteiger partial charge is 0.311 e. The molecular weight excluding hydrogens is 224 g/mol. The van der Waals surface area contributed by atoms with Crippen LogP contribution in [0.2, 0.25) is 0 Å². The van der Waals surface area contributed by atoms with E-state index in [-0.39, 0.29) is 11.5 Å². The van der Waals surface area contributed by atoms with Crippen LogP contribution in [0.1, 0.15) is 0 Å². The lowest BCUT2D eigenvalue weighted by molar-refractivity contribution is -0.384. The highest BCUT2D eigenvalue weighted by Crippen LogP contribution is 2.22. The second-order valence-corrected chi connectivity index (χ2v) is 3.36. The van der Waals surface area contributed by atoms with Crippen molar-refractivity contribution in [3.63, 3.8) is 0 Å². The highest BCUT2D eigenvalue weighted by molar-refractivity contribution is 5.60. The van der Waals surface area contributed by atoms with Crippen LogP contribution < -0.4 is 11.1 Å². The van der Waals surface area contributed by atoms with Crippen molar-refractivity contribution in [3.05, 3.63) is 34.5 Å². The lowest BCUT2D eigenvalue weighted by atomic mass is 10.4. The number of pyridine rings is 1. The summed E-state index contributed by atoms with van der Waals surface area (Å²) in [6.45, 7) is 0. The van der Waals surface area contributed by atoms with E-state index in [9.17, 15) is 10.1 Å². The van der Waals surface area contributed by atoms with E-state index in [1.54, 1.807) is 24.0 Å². The minimum absolute atomic E-state index is 0.129. The van der Waals surface area contributed by atoms with Gasteiger partial charge < -0.3 is 11.1 Å². The molecule has 2 rings (SSSR count). The Morgan fingerprint density at radius 1 is 1.41 bits per heavy atom. The van der Waals surface area contributed by atoms with Crippen LogP contribution in [0.3, 0.4) is 0 Å². The van der Waals surface area contributed by atoms with Crippen molar-refractivity contribution in [1.82, 2.24) is 14.8 Å². The molecule has 0 amide bonds. The van der Waals surface area contributed by atoms with E-state index in [1.807, 2.05) is 0 Å². The highest BCUT2D eigenvalue weighted by Gasteiger charge is 2.12. The Morgan fingerprint density at radius 3 is 2.71 bits per heavy atom. The fourth-order valence-corrected chi connectivity index (χ4v) is 1.30. The standard InChI is InChI=1S/C9H10N6O2/c1-14-5-4-8(13-14)11-7-3-2-6(15(16)17)9(10)12-7/h2-5H,1H3,(H3,10,11,12,13). The van der Waals surface area contributed by atoms with E-state index >= 15 is 0 Å². The van der Waals surface area contributed by atoms with Gasteiger partial charge in [-0.2, -0.15) is 5.10 Å². The summed E-state index contributed by atoms with van der Waals surface area (Å²) in [7, 11) is 1.78. The molecule has 0 atom stereocenters. The molecule has 2 aromatic heterocycles. The molecule has 0 aliphatic heterocycles. The summed E-state index contributed by atoms with van der Waals surface area (Å²) in [5.74, 6) is 0.871. The Bertz CT molecular complexity index is 564. The summed E-state index contributed by atoms with van der Waals surface area (Å²) in [6.07, 6.45) is 1.76. The first-order chi connectivity index (χ1) is 8.06. The summed E-state index contributed by atoms with van der Waals surface area (Å²) in [6, 6.07) is 4.52. The summed E-state index contributed by atoms with van der Waals surface area (Å²) in [5, 5.41) is 17.5. The number of rotatable bonds is 3. The van der Waals surface area contributed by atoms with Crippen molar-refractivity contribution in [2.24, 2.45) is 7.05 Å². The van der Waals surface area contributed by atoms with E-state index in [0.717, 1.165) is 0 Å².